The molecule has 1 heterocycles. The topological polar surface area (TPSA) is 74.1 Å². The highest BCUT2D eigenvalue weighted by Crippen LogP contribution is 2.42. The monoisotopic (exact) mass is 506 g/mol. The van der Waals surface area contributed by atoms with Crippen LogP contribution in [0.1, 0.15) is 16.7 Å². The Bertz CT molecular complexity index is 1620. The third-order valence-corrected chi connectivity index (χ3v) is 6.34. The molecule has 0 atom stereocenters. The summed E-state index contributed by atoms with van der Waals surface area (Å²) in [7, 11) is 1.42. The van der Waals surface area contributed by atoms with Crippen molar-refractivity contribution >= 4 is 39.0 Å². The Labute approximate surface area is 218 Å². The Morgan fingerprint density at radius 2 is 1.51 bits per heavy atom. The molecule has 1 N–H and O–H groups in total. The van der Waals surface area contributed by atoms with E-state index < -0.39 is 10.5 Å². The SMILES string of the molecule is CN(C)Cc1ccc(NC(=C2C(N=S(=O)=O)=Nc3ccc(-c4ccccc4)cc32)c2ccccc2)cc1. The first kappa shape index (κ1) is 24.4. The van der Waals surface area contributed by atoms with E-state index in [1.54, 1.807) is 0 Å². The molecule has 4 aromatic carbocycles. The smallest absolute Gasteiger partial charge is 0.317 e. The molecule has 0 saturated carbocycles. The fourth-order valence-electron chi connectivity index (χ4n) is 4.40. The van der Waals surface area contributed by atoms with E-state index in [2.05, 4.69) is 31.7 Å². The van der Waals surface area contributed by atoms with Gasteiger partial charge >= 0.3 is 10.5 Å². The highest BCUT2D eigenvalue weighted by atomic mass is 32.2. The van der Waals surface area contributed by atoms with E-state index in [0.717, 1.165) is 40.2 Å². The van der Waals surface area contributed by atoms with Gasteiger partial charge in [-0.05, 0) is 60.6 Å². The van der Waals surface area contributed by atoms with Gasteiger partial charge in [0.1, 0.15) is 0 Å². The quantitative estimate of drug-likeness (QED) is 0.324. The van der Waals surface area contributed by atoms with Crippen LogP contribution in [0.3, 0.4) is 0 Å². The average molecular weight is 507 g/mol. The van der Waals surface area contributed by atoms with Crippen LogP contribution in [0.15, 0.2) is 112 Å². The van der Waals surface area contributed by atoms with E-state index in [-0.39, 0.29) is 5.84 Å². The first-order valence-corrected chi connectivity index (χ1v) is 12.9. The van der Waals surface area contributed by atoms with E-state index in [0.29, 0.717) is 11.3 Å². The van der Waals surface area contributed by atoms with Crippen molar-refractivity contribution in [3.05, 3.63) is 120 Å². The number of rotatable bonds is 6. The lowest BCUT2D eigenvalue weighted by atomic mass is 9.95. The van der Waals surface area contributed by atoms with Crippen molar-refractivity contribution in [2.45, 2.75) is 6.54 Å². The van der Waals surface area contributed by atoms with Crippen molar-refractivity contribution in [2.24, 2.45) is 9.36 Å². The molecule has 37 heavy (non-hydrogen) atoms. The fourth-order valence-corrected chi connectivity index (χ4v) is 4.68. The van der Waals surface area contributed by atoms with E-state index in [1.807, 2.05) is 105 Å². The molecular weight excluding hydrogens is 480 g/mol. The Balaban J connectivity index is 1.69. The molecule has 184 valence electrons. The number of fused-ring (bicyclic) bond motifs is 1. The number of anilines is 1. The average Bonchev–Trinajstić information content (AvgIpc) is 3.25. The van der Waals surface area contributed by atoms with E-state index in [9.17, 15) is 8.42 Å². The maximum atomic E-state index is 11.7. The zero-order chi connectivity index (χ0) is 25.8. The van der Waals surface area contributed by atoms with Crippen molar-refractivity contribution < 1.29 is 8.42 Å². The number of nitrogens with one attached hydrogen (secondary N) is 1. The normalized spacial score (nSPS) is 13.6. The van der Waals surface area contributed by atoms with Crippen molar-refractivity contribution in [2.75, 3.05) is 19.4 Å². The predicted molar refractivity (Wildman–Crippen MR) is 151 cm³/mol. The summed E-state index contributed by atoms with van der Waals surface area (Å²) in [4.78, 5) is 6.71. The molecule has 4 aromatic rings. The Kier molecular flexibility index (Phi) is 7.07. The van der Waals surface area contributed by atoms with Crippen LogP contribution >= 0.6 is 0 Å². The minimum absolute atomic E-state index is 0.157. The molecule has 0 aromatic heterocycles. The molecule has 7 heteroatoms. The zero-order valence-corrected chi connectivity index (χ0v) is 21.4. The molecule has 0 radical (unpaired) electrons. The number of hydrogen-bond donors (Lipinski definition) is 1. The van der Waals surface area contributed by atoms with Crippen LogP contribution in [0.4, 0.5) is 11.4 Å². The first-order valence-electron chi connectivity index (χ1n) is 11.9. The van der Waals surface area contributed by atoms with E-state index in [4.69, 9.17) is 0 Å². The van der Waals surface area contributed by atoms with Gasteiger partial charge in [-0.1, -0.05) is 78.9 Å². The molecule has 0 bridgehead atoms. The van der Waals surface area contributed by atoms with Gasteiger partial charge in [-0.25, -0.2) is 4.99 Å². The summed E-state index contributed by atoms with van der Waals surface area (Å²) in [5, 5.41) is 3.55. The van der Waals surface area contributed by atoms with Crippen molar-refractivity contribution in [1.82, 2.24) is 4.90 Å². The van der Waals surface area contributed by atoms with Crippen LogP contribution in [-0.2, 0) is 17.0 Å². The number of hydrogen-bond acceptors (Lipinski definition) is 6. The predicted octanol–water partition coefficient (Wildman–Crippen LogP) is 6.50. The van der Waals surface area contributed by atoms with Crippen molar-refractivity contribution in [3.63, 3.8) is 0 Å². The van der Waals surface area contributed by atoms with Gasteiger partial charge in [-0.3, -0.25) is 0 Å². The van der Waals surface area contributed by atoms with Gasteiger partial charge in [0.05, 0.1) is 17.0 Å². The van der Waals surface area contributed by atoms with Crippen LogP contribution < -0.4 is 5.32 Å². The molecule has 0 saturated heterocycles. The number of amidine groups is 1. The summed E-state index contributed by atoms with van der Waals surface area (Å²) in [5.74, 6) is 0.157. The lowest BCUT2D eigenvalue weighted by Gasteiger charge is -2.17. The molecule has 6 nitrogen and oxygen atoms in total. The zero-order valence-electron chi connectivity index (χ0n) is 20.6. The third-order valence-electron chi connectivity index (χ3n) is 6.02. The molecule has 5 rings (SSSR count). The lowest BCUT2D eigenvalue weighted by molar-refractivity contribution is 0.402. The molecule has 0 fully saturated rings. The number of aliphatic imine (C=N–C) groups is 1. The van der Waals surface area contributed by atoms with Crippen molar-refractivity contribution in [3.8, 4) is 11.1 Å². The largest absolute Gasteiger partial charge is 0.354 e. The minimum atomic E-state index is -2.66. The summed E-state index contributed by atoms with van der Waals surface area (Å²) in [6.45, 7) is 0.841. The second-order valence-electron chi connectivity index (χ2n) is 9.02. The highest BCUT2D eigenvalue weighted by Gasteiger charge is 2.27. The first-order chi connectivity index (χ1) is 18.0. The summed E-state index contributed by atoms with van der Waals surface area (Å²) in [5.41, 5.74) is 7.92. The summed E-state index contributed by atoms with van der Waals surface area (Å²) in [6, 6.07) is 34.0. The van der Waals surface area contributed by atoms with E-state index in [1.165, 1.54) is 5.56 Å². The Morgan fingerprint density at radius 3 is 2.16 bits per heavy atom. The summed E-state index contributed by atoms with van der Waals surface area (Å²) >= 11 is 0. The van der Waals surface area contributed by atoms with Gasteiger partial charge in [-0.15, -0.1) is 4.36 Å². The molecular formula is C30H26N4O2S. The summed E-state index contributed by atoms with van der Waals surface area (Å²) < 4.78 is 27.3. The van der Waals surface area contributed by atoms with Gasteiger partial charge < -0.3 is 10.2 Å². The van der Waals surface area contributed by atoms with E-state index >= 15 is 0 Å². The van der Waals surface area contributed by atoms with Gasteiger partial charge in [-0.2, -0.15) is 8.42 Å². The molecule has 0 spiro atoms. The Morgan fingerprint density at radius 1 is 0.838 bits per heavy atom. The summed E-state index contributed by atoms with van der Waals surface area (Å²) in [6.07, 6.45) is 0. The van der Waals surface area contributed by atoms with Crippen molar-refractivity contribution in [1.29, 1.82) is 0 Å². The number of nitrogens with zero attached hydrogens (tertiary/aromatic N) is 3. The molecule has 0 unspecified atom stereocenters. The maximum absolute atomic E-state index is 11.7. The highest BCUT2D eigenvalue weighted by molar-refractivity contribution is 7.62. The van der Waals surface area contributed by atoms with Gasteiger partial charge in [0.25, 0.3) is 0 Å². The fraction of sp³-hybridized carbons (Fsp3) is 0.100. The molecule has 1 aliphatic heterocycles. The molecule has 0 aliphatic carbocycles. The van der Waals surface area contributed by atoms with Crippen LogP contribution in [0.5, 0.6) is 0 Å². The van der Waals surface area contributed by atoms with Gasteiger partial charge in [0.2, 0.25) is 0 Å². The second kappa shape index (κ2) is 10.7. The lowest BCUT2D eigenvalue weighted by Crippen LogP contribution is -2.10. The molecule has 1 aliphatic rings. The third kappa shape index (κ3) is 5.58. The van der Waals surface area contributed by atoms with Crippen LogP contribution in [-0.4, -0.2) is 33.2 Å². The van der Waals surface area contributed by atoms with Gasteiger partial charge in [0, 0.05) is 17.8 Å². The minimum Gasteiger partial charge on any atom is -0.354 e. The number of benzene rings is 4. The van der Waals surface area contributed by atoms with Crippen LogP contribution in [0.2, 0.25) is 0 Å². The molecule has 0 amide bonds. The Hall–Kier alpha value is -4.33. The van der Waals surface area contributed by atoms with Gasteiger partial charge in [0.15, 0.2) is 5.84 Å². The second-order valence-corrected chi connectivity index (χ2v) is 9.63. The van der Waals surface area contributed by atoms with Crippen LogP contribution in [0, 0.1) is 0 Å². The maximum Gasteiger partial charge on any atom is 0.317 e. The standard InChI is InChI=1S/C30H26N4O2S/c1-34(2)20-21-13-16-25(17-14-21)31-29(23-11-7-4-8-12-23)28-26-19-24(22-9-5-3-6-10-22)15-18-27(26)32-30(28)33-37(35)36/h3-19,31H,20H2,1-2H3. The van der Waals surface area contributed by atoms with Crippen LogP contribution in [0.25, 0.3) is 22.4 Å².